The van der Waals surface area contributed by atoms with Gasteiger partial charge in [-0.25, -0.2) is 4.98 Å². The second-order valence-electron chi connectivity index (χ2n) is 2.56. The summed E-state index contributed by atoms with van der Waals surface area (Å²) in [6.07, 6.45) is 2.06. The molecule has 0 fully saturated rings. The average molecular weight is 193 g/mol. The number of hydrogen-bond acceptors (Lipinski definition) is 5. The van der Waals surface area contributed by atoms with E-state index in [0.717, 1.165) is 0 Å². The molecule has 2 heterocycles. The van der Waals surface area contributed by atoms with Crippen molar-refractivity contribution in [2.24, 2.45) is 0 Å². The third kappa shape index (κ3) is 1.35. The van der Waals surface area contributed by atoms with Crippen molar-refractivity contribution in [3.63, 3.8) is 0 Å². The molecular weight excluding hydrogens is 186 g/mol. The minimum absolute atomic E-state index is 0.0961. The van der Waals surface area contributed by atoms with Crippen LogP contribution >= 0.6 is 0 Å². The Balaban J connectivity index is 2.47. The molecule has 0 saturated heterocycles. The number of imidazole rings is 1. The summed E-state index contributed by atoms with van der Waals surface area (Å²) in [6.45, 7) is 0.0961. The Morgan fingerprint density at radius 1 is 1.57 bits per heavy atom. The third-order valence-corrected chi connectivity index (χ3v) is 1.65. The Kier molecular flexibility index (Phi) is 1.98. The van der Waals surface area contributed by atoms with Crippen molar-refractivity contribution in [2.75, 3.05) is 11.9 Å². The number of nitrogens with one attached hydrogen (secondary N) is 3. The summed E-state index contributed by atoms with van der Waals surface area (Å²) < 4.78 is 0. The van der Waals surface area contributed by atoms with E-state index in [1.165, 1.54) is 6.33 Å². The van der Waals surface area contributed by atoms with Gasteiger partial charge in [0.25, 0.3) is 5.56 Å². The van der Waals surface area contributed by atoms with Crippen LogP contribution in [0, 0.1) is 0 Å². The van der Waals surface area contributed by atoms with Crippen molar-refractivity contribution in [1.29, 1.82) is 0 Å². The highest BCUT2D eigenvalue weighted by molar-refractivity contribution is 5.70. The largest absolute Gasteiger partial charge is 0.349 e. The molecule has 0 aliphatic carbocycles. The quantitative estimate of drug-likeness (QED) is 0.557. The van der Waals surface area contributed by atoms with E-state index in [9.17, 15) is 9.59 Å². The molecular formula is C7H7N5O2. The van der Waals surface area contributed by atoms with Crippen LogP contribution in [-0.2, 0) is 4.79 Å². The Labute approximate surface area is 77.6 Å². The van der Waals surface area contributed by atoms with Crippen LogP contribution in [0.4, 0.5) is 5.95 Å². The molecule has 0 aliphatic rings. The van der Waals surface area contributed by atoms with Crippen LogP contribution in [0.25, 0.3) is 11.2 Å². The summed E-state index contributed by atoms with van der Waals surface area (Å²) in [5, 5.41) is 2.63. The van der Waals surface area contributed by atoms with E-state index in [-0.39, 0.29) is 18.1 Å². The van der Waals surface area contributed by atoms with Gasteiger partial charge in [0.1, 0.15) is 6.29 Å². The molecule has 7 heteroatoms. The zero-order valence-electron chi connectivity index (χ0n) is 7.07. The van der Waals surface area contributed by atoms with Crippen molar-refractivity contribution in [3.05, 3.63) is 16.7 Å². The van der Waals surface area contributed by atoms with Crippen LogP contribution in [0.3, 0.4) is 0 Å². The van der Waals surface area contributed by atoms with Gasteiger partial charge in [0.2, 0.25) is 5.95 Å². The van der Waals surface area contributed by atoms with E-state index in [1.54, 1.807) is 0 Å². The second kappa shape index (κ2) is 3.29. The number of aromatic nitrogens is 4. The van der Waals surface area contributed by atoms with Gasteiger partial charge in [-0.3, -0.25) is 9.78 Å². The predicted molar refractivity (Wildman–Crippen MR) is 49.1 cm³/mol. The Bertz CT molecular complexity index is 514. The predicted octanol–water partition coefficient (Wildman–Crippen LogP) is -0.743. The first-order chi connectivity index (χ1) is 6.81. The standard InChI is InChI=1S/C7H7N5O2/c13-2-1-8-7-11-5-4(6(14)12-7)9-3-10-5/h2-3H,1H2,(H3,8,9,10,11,12,14). The van der Waals surface area contributed by atoms with E-state index in [1.807, 2.05) is 0 Å². The smallest absolute Gasteiger partial charge is 0.278 e. The van der Waals surface area contributed by atoms with Crippen LogP contribution < -0.4 is 10.9 Å². The number of H-pyrrole nitrogens is 2. The van der Waals surface area contributed by atoms with E-state index in [2.05, 4.69) is 25.3 Å². The second-order valence-corrected chi connectivity index (χ2v) is 2.56. The minimum atomic E-state index is -0.319. The first kappa shape index (κ1) is 8.42. The Morgan fingerprint density at radius 2 is 2.43 bits per heavy atom. The van der Waals surface area contributed by atoms with Gasteiger partial charge in [-0.15, -0.1) is 0 Å². The molecule has 0 spiro atoms. The van der Waals surface area contributed by atoms with Gasteiger partial charge in [-0.1, -0.05) is 0 Å². The number of carbonyl (C=O) groups excluding carboxylic acids is 1. The maximum atomic E-state index is 11.3. The highest BCUT2D eigenvalue weighted by Gasteiger charge is 2.04. The van der Waals surface area contributed by atoms with Gasteiger partial charge in [-0.05, 0) is 0 Å². The minimum Gasteiger partial charge on any atom is -0.349 e. The molecule has 0 aliphatic heterocycles. The molecule has 2 aromatic heterocycles. The molecule has 0 radical (unpaired) electrons. The summed E-state index contributed by atoms with van der Waals surface area (Å²) in [5.74, 6) is 0.238. The monoisotopic (exact) mass is 193 g/mol. The molecule has 0 unspecified atom stereocenters. The molecule has 0 atom stereocenters. The lowest BCUT2D eigenvalue weighted by atomic mass is 10.5. The van der Waals surface area contributed by atoms with Crippen molar-refractivity contribution >= 4 is 23.4 Å². The molecule has 3 N–H and O–H groups in total. The van der Waals surface area contributed by atoms with Crippen LogP contribution in [0.1, 0.15) is 0 Å². The van der Waals surface area contributed by atoms with E-state index < -0.39 is 0 Å². The Hall–Kier alpha value is -2.18. The number of carbonyl (C=O) groups is 1. The number of anilines is 1. The van der Waals surface area contributed by atoms with Gasteiger partial charge in [-0.2, -0.15) is 4.98 Å². The number of rotatable bonds is 3. The van der Waals surface area contributed by atoms with E-state index in [4.69, 9.17) is 0 Å². The molecule has 14 heavy (non-hydrogen) atoms. The summed E-state index contributed by atoms with van der Waals surface area (Å²) in [4.78, 5) is 34.3. The van der Waals surface area contributed by atoms with Crippen molar-refractivity contribution in [1.82, 2.24) is 19.9 Å². The zero-order chi connectivity index (χ0) is 9.97. The van der Waals surface area contributed by atoms with Crippen LogP contribution in [-0.4, -0.2) is 32.8 Å². The van der Waals surface area contributed by atoms with Crippen molar-refractivity contribution in [3.8, 4) is 0 Å². The number of fused-ring (bicyclic) bond motifs is 1. The summed E-state index contributed by atoms with van der Waals surface area (Å²) in [5.41, 5.74) is 0.324. The van der Waals surface area contributed by atoms with Crippen LogP contribution in [0.15, 0.2) is 11.1 Å². The third-order valence-electron chi connectivity index (χ3n) is 1.65. The topological polar surface area (TPSA) is 104 Å². The fourth-order valence-corrected chi connectivity index (χ4v) is 1.06. The lowest BCUT2D eigenvalue weighted by Crippen LogP contribution is -2.14. The van der Waals surface area contributed by atoms with Gasteiger partial charge in [0.05, 0.1) is 12.9 Å². The summed E-state index contributed by atoms with van der Waals surface area (Å²) >= 11 is 0. The van der Waals surface area contributed by atoms with Crippen LogP contribution in [0.5, 0.6) is 0 Å². The number of aromatic amines is 2. The fraction of sp³-hybridized carbons (Fsp3) is 0.143. The Morgan fingerprint density at radius 3 is 3.21 bits per heavy atom. The molecule has 0 amide bonds. The lowest BCUT2D eigenvalue weighted by molar-refractivity contribution is -0.106. The molecule has 0 bridgehead atoms. The molecule has 2 aromatic rings. The average Bonchev–Trinajstić information content (AvgIpc) is 2.63. The summed E-state index contributed by atoms with van der Waals surface area (Å²) in [7, 11) is 0. The van der Waals surface area contributed by atoms with E-state index in [0.29, 0.717) is 17.5 Å². The van der Waals surface area contributed by atoms with Gasteiger partial charge >= 0.3 is 0 Å². The van der Waals surface area contributed by atoms with Crippen molar-refractivity contribution < 1.29 is 4.79 Å². The maximum Gasteiger partial charge on any atom is 0.278 e. The molecule has 0 aromatic carbocycles. The highest BCUT2D eigenvalue weighted by Crippen LogP contribution is 2.01. The lowest BCUT2D eigenvalue weighted by Gasteiger charge is -1.98. The highest BCUT2D eigenvalue weighted by atomic mass is 16.1. The number of aldehydes is 1. The first-order valence-electron chi connectivity index (χ1n) is 3.92. The summed E-state index contributed by atoms with van der Waals surface area (Å²) in [6, 6.07) is 0. The normalized spacial score (nSPS) is 10.3. The van der Waals surface area contributed by atoms with Crippen LogP contribution in [0.2, 0.25) is 0 Å². The first-order valence-corrected chi connectivity index (χ1v) is 3.92. The zero-order valence-corrected chi connectivity index (χ0v) is 7.07. The van der Waals surface area contributed by atoms with Crippen molar-refractivity contribution in [2.45, 2.75) is 0 Å². The SMILES string of the molecule is O=CCNc1nc2nc[nH]c2c(=O)[nH]1. The molecule has 7 nitrogen and oxygen atoms in total. The van der Waals surface area contributed by atoms with Gasteiger partial charge < -0.3 is 15.1 Å². The molecule has 72 valence electrons. The molecule has 2 rings (SSSR count). The number of nitrogens with zero attached hydrogens (tertiary/aromatic N) is 2. The molecule has 0 saturated carbocycles. The van der Waals surface area contributed by atoms with E-state index >= 15 is 0 Å². The van der Waals surface area contributed by atoms with Gasteiger partial charge in [0, 0.05) is 0 Å². The maximum absolute atomic E-state index is 11.3. The number of hydrogen-bond donors (Lipinski definition) is 3. The fourth-order valence-electron chi connectivity index (χ4n) is 1.06. The van der Waals surface area contributed by atoms with Gasteiger partial charge in [0.15, 0.2) is 11.2 Å².